The number of hydrogen-bond acceptors (Lipinski definition) is 4. The standard InChI is InChI=1S/C24H19Cl2N3OS.BrH/c1-15-11-17(3-5-20(15)25)22-14-31-24(28-22)27-19-7-9-29(10-8-19)13-23(30)18-4-6-21(26)16(2)12-18;/h3-12,14H,13H2,1-2H3;1H. The molecule has 2 heterocycles. The van der Waals surface area contributed by atoms with Crippen molar-refractivity contribution in [3.8, 4) is 11.3 Å². The number of nitrogens with one attached hydrogen (secondary N) is 1. The molecule has 0 unspecified atom stereocenters. The van der Waals surface area contributed by atoms with E-state index < -0.39 is 0 Å². The monoisotopic (exact) mass is 547 g/mol. The number of halogens is 3. The van der Waals surface area contributed by atoms with Gasteiger partial charge in [-0.3, -0.25) is 4.79 Å². The molecule has 8 heteroatoms. The van der Waals surface area contributed by atoms with Crippen molar-refractivity contribution in [2.24, 2.45) is 0 Å². The number of rotatable bonds is 6. The zero-order chi connectivity index (χ0) is 22.0. The molecule has 0 amide bonds. The van der Waals surface area contributed by atoms with Gasteiger partial charge in [0, 0.05) is 38.7 Å². The summed E-state index contributed by atoms with van der Waals surface area (Å²) in [6.45, 7) is 4.14. The normalized spacial score (nSPS) is 10.5. The van der Waals surface area contributed by atoms with Crippen molar-refractivity contribution < 1.29 is 26.3 Å². The van der Waals surface area contributed by atoms with Crippen LogP contribution in [0.1, 0.15) is 21.5 Å². The zero-order valence-corrected chi connectivity index (χ0v) is 21.3. The molecule has 0 spiro atoms. The first-order valence-corrected chi connectivity index (χ1v) is 11.3. The summed E-state index contributed by atoms with van der Waals surface area (Å²) in [5.74, 6) is 0.0355. The number of nitrogens with zero attached hydrogens (tertiary/aromatic N) is 2. The smallest absolute Gasteiger partial charge is 0.227 e. The number of ketones is 1. The van der Waals surface area contributed by atoms with Crippen LogP contribution in [0.2, 0.25) is 10.0 Å². The minimum atomic E-state index is 0. The number of aromatic nitrogens is 2. The second-order valence-electron chi connectivity index (χ2n) is 7.27. The van der Waals surface area contributed by atoms with E-state index in [1.165, 1.54) is 11.3 Å². The van der Waals surface area contributed by atoms with Crippen molar-refractivity contribution in [3.05, 3.63) is 93.0 Å². The summed E-state index contributed by atoms with van der Waals surface area (Å²) in [5.41, 5.74) is 5.42. The average Bonchev–Trinajstić information content (AvgIpc) is 3.22. The fourth-order valence-corrected chi connectivity index (χ4v) is 4.09. The number of pyridine rings is 1. The lowest BCUT2D eigenvalue weighted by molar-refractivity contribution is -0.683. The van der Waals surface area contributed by atoms with E-state index in [4.69, 9.17) is 23.2 Å². The van der Waals surface area contributed by atoms with Crippen molar-refractivity contribution in [2.75, 3.05) is 5.32 Å². The Morgan fingerprint density at radius 1 is 1.00 bits per heavy atom. The second-order valence-corrected chi connectivity index (χ2v) is 8.95. The molecule has 4 aromatic rings. The number of aryl methyl sites for hydroxylation is 2. The third-order valence-electron chi connectivity index (χ3n) is 4.91. The van der Waals surface area contributed by atoms with Gasteiger partial charge in [0.1, 0.15) is 0 Å². The van der Waals surface area contributed by atoms with E-state index in [0.717, 1.165) is 38.2 Å². The molecule has 164 valence electrons. The maximum atomic E-state index is 12.5. The van der Waals surface area contributed by atoms with Crippen LogP contribution in [0.15, 0.2) is 66.3 Å². The largest absolute Gasteiger partial charge is 1.00 e. The predicted octanol–water partition coefficient (Wildman–Crippen LogP) is 3.65. The molecule has 0 radical (unpaired) electrons. The Kier molecular flexibility index (Phi) is 8.06. The molecule has 0 bridgehead atoms. The second kappa shape index (κ2) is 10.6. The van der Waals surface area contributed by atoms with E-state index in [2.05, 4.69) is 10.3 Å². The third-order valence-corrected chi connectivity index (χ3v) is 6.51. The topological polar surface area (TPSA) is 45.9 Å². The van der Waals surface area contributed by atoms with E-state index in [0.29, 0.717) is 10.6 Å². The van der Waals surface area contributed by atoms with Crippen LogP contribution in [0.25, 0.3) is 11.3 Å². The molecule has 1 N–H and O–H groups in total. The SMILES string of the molecule is Cc1cc(C(=O)C[n+]2ccc(Nc3nc(-c4ccc(Cl)c(C)c4)cs3)cc2)ccc1Cl.[Br-]. The van der Waals surface area contributed by atoms with Gasteiger partial charge in [-0.1, -0.05) is 29.3 Å². The molecular weight excluding hydrogens is 529 g/mol. The van der Waals surface area contributed by atoms with Crippen LogP contribution in [0, 0.1) is 13.8 Å². The van der Waals surface area contributed by atoms with Crippen molar-refractivity contribution in [2.45, 2.75) is 20.4 Å². The predicted molar refractivity (Wildman–Crippen MR) is 128 cm³/mol. The molecule has 0 aliphatic heterocycles. The fraction of sp³-hybridized carbons (Fsp3) is 0.125. The van der Waals surface area contributed by atoms with Gasteiger partial charge in [0.05, 0.1) is 11.4 Å². The molecule has 4 rings (SSSR count). The molecule has 0 atom stereocenters. The number of Topliss-reactive ketones (excluding diaryl/α,β-unsaturated/α-hetero) is 1. The molecule has 0 aliphatic carbocycles. The summed E-state index contributed by atoms with van der Waals surface area (Å²) in [7, 11) is 0. The van der Waals surface area contributed by atoms with E-state index in [1.54, 1.807) is 12.1 Å². The molecule has 0 saturated carbocycles. The van der Waals surface area contributed by atoms with Gasteiger partial charge in [0.2, 0.25) is 12.3 Å². The maximum Gasteiger partial charge on any atom is 0.227 e. The molecule has 32 heavy (non-hydrogen) atoms. The molecule has 4 nitrogen and oxygen atoms in total. The van der Waals surface area contributed by atoms with E-state index in [1.807, 2.05) is 72.6 Å². The summed E-state index contributed by atoms with van der Waals surface area (Å²) in [6, 6.07) is 15.1. The fourth-order valence-electron chi connectivity index (χ4n) is 3.11. The zero-order valence-electron chi connectivity index (χ0n) is 17.4. The quantitative estimate of drug-likeness (QED) is 0.295. The molecule has 0 fully saturated rings. The maximum absolute atomic E-state index is 12.5. The molecule has 0 aliphatic rings. The van der Waals surface area contributed by atoms with Crippen LogP contribution in [0.5, 0.6) is 0 Å². The van der Waals surface area contributed by atoms with Gasteiger partial charge in [-0.2, -0.15) is 4.57 Å². The van der Waals surface area contributed by atoms with Gasteiger partial charge >= 0.3 is 0 Å². The Balaban J connectivity index is 0.00000289. The van der Waals surface area contributed by atoms with Gasteiger partial charge < -0.3 is 22.3 Å². The van der Waals surface area contributed by atoms with Crippen LogP contribution in [-0.2, 0) is 6.54 Å². The minimum Gasteiger partial charge on any atom is -1.00 e. The van der Waals surface area contributed by atoms with E-state index >= 15 is 0 Å². The third kappa shape index (κ3) is 5.75. The first-order chi connectivity index (χ1) is 14.9. The minimum absolute atomic E-state index is 0. The number of anilines is 2. The summed E-state index contributed by atoms with van der Waals surface area (Å²) in [4.78, 5) is 17.2. The van der Waals surface area contributed by atoms with Gasteiger partial charge in [-0.25, -0.2) is 4.98 Å². The highest BCUT2D eigenvalue weighted by Crippen LogP contribution is 2.29. The van der Waals surface area contributed by atoms with Gasteiger partial charge in [-0.05, 0) is 55.3 Å². The van der Waals surface area contributed by atoms with Crippen molar-refractivity contribution in [1.82, 2.24) is 4.98 Å². The number of hydrogen-bond donors (Lipinski definition) is 1. The Bertz CT molecular complexity index is 1260. The summed E-state index contributed by atoms with van der Waals surface area (Å²) in [6.07, 6.45) is 3.75. The Labute approximate surface area is 211 Å². The van der Waals surface area contributed by atoms with Crippen molar-refractivity contribution >= 4 is 51.1 Å². The van der Waals surface area contributed by atoms with Crippen LogP contribution < -0.4 is 26.9 Å². The van der Waals surface area contributed by atoms with Crippen LogP contribution in [0.3, 0.4) is 0 Å². The van der Waals surface area contributed by atoms with Gasteiger partial charge in [-0.15, -0.1) is 11.3 Å². The number of carbonyl (C=O) groups is 1. The van der Waals surface area contributed by atoms with E-state index in [-0.39, 0.29) is 29.3 Å². The number of thiazole rings is 1. The highest BCUT2D eigenvalue weighted by Gasteiger charge is 2.13. The Morgan fingerprint density at radius 3 is 2.31 bits per heavy atom. The first-order valence-electron chi connectivity index (χ1n) is 9.66. The number of carbonyl (C=O) groups excluding carboxylic acids is 1. The molecular formula is C24H20BrCl2N3OS. The molecule has 2 aromatic heterocycles. The Morgan fingerprint density at radius 2 is 1.66 bits per heavy atom. The summed E-state index contributed by atoms with van der Waals surface area (Å²) >= 11 is 13.7. The summed E-state index contributed by atoms with van der Waals surface area (Å²) < 4.78 is 1.85. The number of benzene rings is 2. The highest BCUT2D eigenvalue weighted by molar-refractivity contribution is 7.14. The van der Waals surface area contributed by atoms with Gasteiger partial charge in [0.15, 0.2) is 17.5 Å². The van der Waals surface area contributed by atoms with E-state index in [9.17, 15) is 4.79 Å². The Hall–Kier alpha value is -2.25. The first kappa shape index (κ1) is 24.4. The molecule has 0 saturated heterocycles. The lowest BCUT2D eigenvalue weighted by Crippen LogP contribution is -3.00. The highest BCUT2D eigenvalue weighted by atomic mass is 79.9. The van der Waals surface area contributed by atoms with Crippen molar-refractivity contribution in [1.29, 1.82) is 0 Å². The molecule has 2 aromatic carbocycles. The van der Waals surface area contributed by atoms with Crippen LogP contribution in [-0.4, -0.2) is 10.8 Å². The lowest BCUT2D eigenvalue weighted by atomic mass is 10.1. The summed E-state index contributed by atoms with van der Waals surface area (Å²) in [5, 5.41) is 7.54. The van der Waals surface area contributed by atoms with Crippen LogP contribution in [0.4, 0.5) is 10.8 Å². The van der Waals surface area contributed by atoms with Crippen LogP contribution >= 0.6 is 34.5 Å². The van der Waals surface area contributed by atoms with Gasteiger partial charge in [0.25, 0.3) is 0 Å². The average molecular weight is 549 g/mol. The lowest BCUT2D eigenvalue weighted by Gasteiger charge is -2.04. The van der Waals surface area contributed by atoms with Crippen molar-refractivity contribution in [3.63, 3.8) is 0 Å².